The summed E-state index contributed by atoms with van der Waals surface area (Å²) in [5, 5.41) is 12.2. The number of carbonyl (C=O) groups excluding carboxylic acids is 1. The van der Waals surface area contributed by atoms with Gasteiger partial charge in [-0.1, -0.05) is 6.07 Å². The molecule has 1 aliphatic carbocycles. The second kappa shape index (κ2) is 5.35. The van der Waals surface area contributed by atoms with Crippen LogP contribution < -0.4 is 11.1 Å². The number of amides is 1. The van der Waals surface area contributed by atoms with E-state index in [0.29, 0.717) is 12.8 Å². The molecule has 0 saturated heterocycles. The van der Waals surface area contributed by atoms with Gasteiger partial charge in [-0.15, -0.1) is 0 Å². The molecule has 0 radical (unpaired) electrons. The molecule has 0 bridgehead atoms. The molecule has 1 fully saturated rings. The Kier molecular flexibility index (Phi) is 3.81. The van der Waals surface area contributed by atoms with Crippen molar-refractivity contribution in [3.8, 4) is 0 Å². The molecule has 1 saturated carbocycles. The van der Waals surface area contributed by atoms with E-state index in [4.69, 9.17) is 5.73 Å². The highest BCUT2D eigenvalue weighted by Crippen LogP contribution is 2.20. The van der Waals surface area contributed by atoms with Crippen molar-refractivity contribution >= 4 is 11.6 Å². The minimum atomic E-state index is -0.582. The van der Waals surface area contributed by atoms with E-state index in [-0.39, 0.29) is 29.3 Å². The summed E-state index contributed by atoms with van der Waals surface area (Å²) in [5.41, 5.74) is 5.58. The number of carbonyl (C=O) groups is 1. The maximum atomic E-state index is 13.2. The van der Waals surface area contributed by atoms with Crippen LogP contribution in [-0.4, -0.2) is 23.2 Å². The molecule has 0 aromatic heterocycles. The number of halogens is 1. The number of nitrogen functional groups attached to an aromatic ring is 1. The fraction of sp³-hybridized carbons (Fsp3) is 0.462. The van der Waals surface area contributed by atoms with Crippen molar-refractivity contribution in [1.29, 1.82) is 0 Å². The van der Waals surface area contributed by atoms with E-state index < -0.39 is 5.82 Å². The smallest absolute Gasteiger partial charge is 0.253 e. The van der Waals surface area contributed by atoms with Crippen molar-refractivity contribution in [1.82, 2.24) is 5.32 Å². The van der Waals surface area contributed by atoms with Gasteiger partial charge in [-0.05, 0) is 37.8 Å². The fourth-order valence-corrected chi connectivity index (χ4v) is 2.22. The molecule has 98 valence electrons. The first kappa shape index (κ1) is 12.8. The molecule has 1 amide bonds. The predicted molar refractivity (Wildman–Crippen MR) is 66.5 cm³/mol. The van der Waals surface area contributed by atoms with Gasteiger partial charge in [0.2, 0.25) is 0 Å². The summed E-state index contributed by atoms with van der Waals surface area (Å²) in [6.07, 6.45) is 2.58. The second-order valence-corrected chi connectivity index (χ2v) is 4.68. The van der Waals surface area contributed by atoms with Gasteiger partial charge in [-0.3, -0.25) is 4.79 Å². The molecule has 4 N–H and O–H groups in total. The van der Waals surface area contributed by atoms with Gasteiger partial charge in [0, 0.05) is 6.04 Å². The Morgan fingerprint density at radius 1 is 1.33 bits per heavy atom. The Labute approximate surface area is 105 Å². The number of rotatable bonds is 2. The molecule has 0 spiro atoms. The monoisotopic (exact) mass is 252 g/mol. The lowest BCUT2D eigenvalue weighted by Gasteiger charge is -2.26. The lowest BCUT2D eigenvalue weighted by atomic mass is 9.93. The summed E-state index contributed by atoms with van der Waals surface area (Å²) in [7, 11) is 0. The third kappa shape index (κ3) is 2.79. The highest BCUT2D eigenvalue weighted by molar-refractivity contribution is 5.99. The van der Waals surface area contributed by atoms with Crippen molar-refractivity contribution in [2.24, 2.45) is 0 Å². The first-order valence-electron chi connectivity index (χ1n) is 6.11. The van der Waals surface area contributed by atoms with Gasteiger partial charge >= 0.3 is 0 Å². The van der Waals surface area contributed by atoms with E-state index in [0.717, 1.165) is 12.8 Å². The van der Waals surface area contributed by atoms with Gasteiger partial charge in [0.1, 0.15) is 5.82 Å². The zero-order valence-electron chi connectivity index (χ0n) is 10.0. The maximum Gasteiger partial charge on any atom is 0.253 e. The average molecular weight is 252 g/mol. The van der Waals surface area contributed by atoms with Crippen LogP contribution in [0, 0.1) is 5.82 Å². The molecule has 1 aliphatic rings. The Bertz CT molecular complexity index is 443. The maximum absolute atomic E-state index is 13.2. The summed E-state index contributed by atoms with van der Waals surface area (Å²) >= 11 is 0. The van der Waals surface area contributed by atoms with E-state index >= 15 is 0 Å². The van der Waals surface area contributed by atoms with Gasteiger partial charge in [-0.25, -0.2) is 4.39 Å². The Balaban J connectivity index is 2.01. The molecule has 0 heterocycles. The first-order chi connectivity index (χ1) is 8.58. The summed E-state index contributed by atoms with van der Waals surface area (Å²) in [4.78, 5) is 11.9. The van der Waals surface area contributed by atoms with Gasteiger partial charge in [0.15, 0.2) is 0 Å². The Morgan fingerprint density at radius 2 is 2.00 bits per heavy atom. The highest BCUT2D eigenvalue weighted by Gasteiger charge is 2.22. The van der Waals surface area contributed by atoms with Crippen molar-refractivity contribution in [3.63, 3.8) is 0 Å². The first-order valence-corrected chi connectivity index (χ1v) is 6.11. The van der Waals surface area contributed by atoms with Crippen molar-refractivity contribution in [2.75, 3.05) is 5.73 Å². The van der Waals surface area contributed by atoms with Crippen LogP contribution in [0.25, 0.3) is 0 Å². The molecule has 1 aromatic carbocycles. The third-order valence-electron chi connectivity index (χ3n) is 3.33. The number of benzene rings is 1. The number of hydrogen-bond acceptors (Lipinski definition) is 3. The standard InChI is InChI=1S/C13H17FN2O2/c14-11-3-1-2-10(12(11)15)13(18)16-8-4-6-9(17)7-5-8/h1-3,8-9,17H,4-7,15H2,(H,16,18). The zero-order chi connectivity index (χ0) is 13.1. The van der Waals surface area contributed by atoms with Gasteiger partial charge < -0.3 is 16.2 Å². The lowest BCUT2D eigenvalue weighted by molar-refractivity contribution is 0.0868. The number of nitrogens with one attached hydrogen (secondary N) is 1. The van der Waals surface area contributed by atoms with E-state index in [9.17, 15) is 14.3 Å². The molecule has 0 unspecified atom stereocenters. The number of anilines is 1. The van der Waals surface area contributed by atoms with Gasteiger partial charge in [0.05, 0.1) is 17.4 Å². The van der Waals surface area contributed by atoms with Gasteiger partial charge in [0.25, 0.3) is 5.91 Å². The molecule has 18 heavy (non-hydrogen) atoms. The lowest BCUT2D eigenvalue weighted by Crippen LogP contribution is -2.38. The summed E-state index contributed by atoms with van der Waals surface area (Å²) < 4.78 is 13.2. The van der Waals surface area contributed by atoms with E-state index in [1.807, 2.05) is 0 Å². The number of aliphatic hydroxyl groups excluding tert-OH is 1. The minimum absolute atomic E-state index is 0.0311. The fourth-order valence-electron chi connectivity index (χ4n) is 2.22. The quantitative estimate of drug-likeness (QED) is 0.697. The van der Waals surface area contributed by atoms with E-state index in [1.165, 1.54) is 18.2 Å². The molecule has 4 nitrogen and oxygen atoms in total. The number of aliphatic hydroxyl groups is 1. The number of para-hydroxylation sites is 1. The summed E-state index contributed by atoms with van der Waals surface area (Å²) in [5.74, 6) is -0.935. The zero-order valence-corrected chi connectivity index (χ0v) is 10.0. The van der Waals surface area contributed by atoms with Crippen LogP contribution in [0.15, 0.2) is 18.2 Å². The van der Waals surface area contributed by atoms with E-state index in [1.54, 1.807) is 0 Å². The molecule has 5 heteroatoms. The van der Waals surface area contributed by atoms with Crippen molar-refractivity contribution < 1.29 is 14.3 Å². The second-order valence-electron chi connectivity index (χ2n) is 4.68. The van der Waals surface area contributed by atoms with Crippen molar-refractivity contribution in [2.45, 2.75) is 37.8 Å². The molecule has 0 atom stereocenters. The van der Waals surface area contributed by atoms with Crippen LogP contribution in [0.4, 0.5) is 10.1 Å². The highest BCUT2D eigenvalue weighted by atomic mass is 19.1. The molecule has 2 rings (SSSR count). The van der Waals surface area contributed by atoms with Crippen LogP contribution in [0.2, 0.25) is 0 Å². The van der Waals surface area contributed by atoms with Crippen LogP contribution in [0.3, 0.4) is 0 Å². The number of hydrogen-bond donors (Lipinski definition) is 3. The predicted octanol–water partition coefficient (Wildman–Crippen LogP) is 1.44. The largest absolute Gasteiger partial charge is 0.396 e. The molecular formula is C13H17FN2O2. The SMILES string of the molecule is Nc1c(F)cccc1C(=O)NC1CCC(O)CC1. The van der Waals surface area contributed by atoms with Crippen LogP contribution >= 0.6 is 0 Å². The molecular weight excluding hydrogens is 235 g/mol. The molecule has 0 aliphatic heterocycles. The van der Waals surface area contributed by atoms with E-state index in [2.05, 4.69) is 5.32 Å². The normalized spacial score (nSPS) is 23.7. The Hall–Kier alpha value is -1.62. The van der Waals surface area contributed by atoms with Crippen LogP contribution in [0.5, 0.6) is 0 Å². The third-order valence-corrected chi connectivity index (χ3v) is 3.33. The molecule has 1 aromatic rings. The minimum Gasteiger partial charge on any atom is -0.396 e. The topological polar surface area (TPSA) is 75.4 Å². The summed E-state index contributed by atoms with van der Waals surface area (Å²) in [6, 6.07) is 4.23. The van der Waals surface area contributed by atoms with Crippen LogP contribution in [0.1, 0.15) is 36.0 Å². The van der Waals surface area contributed by atoms with Crippen LogP contribution in [-0.2, 0) is 0 Å². The average Bonchev–Trinajstić information content (AvgIpc) is 2.35. The number of nitrogens with two attached hydrogens (primary N) is 1. The Morgan fingerprint density at radius 3 is 2.67 bits per heavy atom. The summed E-state index contributed by atoms with van der Waals surface area (Å²) in [6.45, 7) is 0. The van der Waals surface area contributed by atoms with Crippen molar-refractivity contribution in [3.05, 3.63) is 29.6 Å². The van der Waals surface area contributed by atoms with Gasteiger partial charge in [-0.2, -0.15) is 0 Å².